The predicted octanol–water partition coefficient (Wildman–Crippen LogP) is 5.36. The highest BCUT2D eigenvalue weighted by Crippen LogP contribution is 2.34. The van der Waals surface area contributed by atoms with Gasteiger partial charge in [-0.3, -0.25) is 9.48 Å². The fraction of sp³-hybridized carbons (Fsp3) is 0.320. The van der Waals surface area contributed by atoms with Crippen LogP contribution in [0, 0.1) is 5.82 Å². The third-order valence-electron chi connectivity index (χ3n) is 5.92. The highest BCUT2D eigenvalue weighted by molar-refractivity contribution is 5.96. The lowest BCUT2D eigenvalue weighted by Crippen LogP contribution is -2.40. The second-order valence-corrected chi connectivity index (χ2v) is 8.15. The summed E-state index contributed by atoms with van der Waals surface area (Å²) in [6.07, 6.45) is -3.80. The average molecular weight is 489 g/mol. The van der Waals surface area contributed by atoms with Gasteiger partial charge in [-0.15, -0.1) is 0 Å². The van der Waals surface area contributed by atoms with Crippen LogP contribution >= 0.6 is 0 Å². The first kappa shape index (κ1) is 24.4. The highest BCUT2D eigenvalue weighted by Gasteiger charge is 2.37. The SMILES string of the molecule is CCOC(=O)c1cc(-c2ccc(F)cc2)n(C2CCN(C(=O)c3ccccc3C(F)(F)F)CC2)n1. The first-order valence-corrected chi connectivity index (χ1v) is 11.2. The average Bonchev–Trinajstić information content (AvgIpc) is 3.29. The summed E-state index contributed by atoms with van der Waals surface area (Å²) in [7, 11) is 0. The molecule has 3 aromatic rings. The number of ether oxygens (including phenoxy) is 1. The molecule has 10 heteroatoms. The Kier molecular flexibility index (Phi) is 6.90. The summed E-state index contributed by atoms with van der Waals surface area (Å²) in [6, 6.07) is 11.8. The molecule has 1 amide bonds. The van der Waals surface area contributed by atoms with Crippen LogP contribution in [-0.2, 0) is 10.9 Å². The number of piperidine rings is 1. The predicted molar refractivity (Wildman–Crippen MR) is 119 cm³/mol. The molecule has 0 aliphatic carbocycles. The molecule has 0 atom stereocenters. The van der Waals surface area contributed by atoms with Gasteiger partial charge in [0.15, 0.2) is 5.69 Å². The first-order valence-electron chi connectivity index (χ1n) is 11.2. The fourth-order valence-corrected chi connectivity index (χ4v) is 4.21. The molecule has 35 heavy (non-hydrogen) atoms. The Hall–Kier alpha value is -3.69. The Morgan fingerprint density at radius 2 is 1.71 bits per heavy atom. The van der Waals surface area contributed by atoms with E-state index in [2.05, 4.69) is 5.10 Å². The largest absolute Gasteiger partial charge is 0.461 e. The van der Waals surface area contributed by atoms with Crippen molar-refractivity contribution < 1.29 is 31.9 Å². The minimum absolute atomic E-state index is 0.101. The van der Waals surface area contributed by atoms with Crippen LogP contribution in [0.25, 0.3) is 11.3 Å². The lowest BCUT2D eigenvalue weighted by atomic mass is 10.0. The number of carbonyl (C=O) groups is 2. The molecule has 6 nitrogen and oxygen atoms in total. The Labute approximate surface area is 199 Å². The van der Waals surface area contributed by atoms with Gasteiger partial charge in [-0.25, -0.2) is 9.18 Å². The fourth-order valence-electron chi connectivity index (χ4n) is 4.21. The normalized spacial score (nSPS) is 14.7. The number of benzene rings is 2. The summed E-state index contributed by atoms with van der Waals surface area (Å²) in [5, 5.41) is 4.42. The van der Waals surface area contributed by atoms with Crippen molar-refractivity contribution in [3.8, 4) is 11.3 Å². The molecule has 1 aliphatic heterocycles. The maximum absolute atomic E-state index is 13.4. The number of hydrogen-bond acceptors (Lipinski definition) is 4. The van der Waals surface area contributed by atoms with Gasteiger partial charge in [-0.1, -0.05) is 12.1 Å². The number of aromatic nitrogens is 2. The minimum atomic E-state index is -4.63. The third-order valence-corrected chi connectivity index (χ3v) is 5.92. The molecule has 2 aromatic carbocycles. The van der Waals surface area contributed by atoms with E-state index in [1.165, 1.54) is 35.2 Å². The van der Waals surface area contributed by atoms with Gasteiger partial charge >= 0.3 is 12.1 Å². The summed E-state index contributed by atoms with van der Waals surface area (Å²) in [5.41, 5.74) is -0.0119. The summed E-state index contributed by atoms with van der Waals surface area (Å²) in [5.74, 6) is -1.68. The van der Waals surface area contributed by atoms with Crippen molar-refractivity contribution in [2.24, 2.45) is 0 Å². The van der Waals surface area contributed by atoms with Gasteiger partial charge in [-0.2, -0.15) is 18.3 Å². The number of nitrogens with zero attached hydrogens (tertiary/aromatic N) is 3. The lowest BCUT2D eigenvalue weighted by Gasteiger charge is -2.33. The van der Waals surface area contributed by atoms with E-state index in [0.29, 0.717) is 24.1 Å². The number of alkyl halides is 3. The van der Waals surface area contributed by atoms with Gasteiger partial charge in [0.25, 0.3) is 5.91 Å². The van der Waals surface area contributed by atoms with E-state index < -0.39 is 29.4 Å². The van der Waals surface area contributed by atoms with E-state index in [-0.39, 0.29) is 37.0 Å². The van der Waals surface area contributed by atoms with Crippen molar-refractivity contribution in [2.45, 2.75) is 32.0 Å². The molecule has 0 saturated carbocycles. The third kappa shape index (κ3) is 5.21. The second-order valence-electron chi connectivity index (χ2n) is 8.15. The summed E-state index contributed by atoms with van der Waals surface area (Å²) in [6.45, 7) is 2.29. The van der Waals surface area contributed by atoms with Gasteiger partial charge in [-0.05, 0) is 62.2 Å². The zero-order chi connectivity index (χ0) is 25.2. The quantitative estimate of drug-likeness (QED) is 0.358. The zero-order valence-corrected chi connectivity index (χ0v) is 18.9. The molecule has 1 fully saturated rings. The molecule has 4 rings (SSSR count). The first-order chi connectivity index (χ1) is 16.7. The van der Waals surface area contributed by atoms with E-state index in [1.54, 1.807) is 29.8 Å². The number of halogens is 4. The minimum Gasteiger partial charge on any atom is -0.461 e. The number of hydrogen-bond donors (Lipinski definition) is 0. The van der Waals surface area contributed by atoms with Crippen molar-refractivity contribution in [1.29, 1.82) is 0 Å². The molecular weight excluding hydrogens is 466 g/mol. The molecule has 0 N–H and O–H groups in total. The number of carbonyl (C=O) groups excluding carboxylic acids is 2. The molecule has 0 radical (unpaired) electrons. The zero-order valence-electron chi connectivity index (χ0n) is 18.9. The van der Waals surface area contributed by atoms with Gasteiger partial charge < -0.3 is 9.64 Å². The maximum Gasteiger partial charge on any atom is 0.417 e. The van der Waals surface area contributed by atoms with E-state index in [1.807, 2.05) is 0 Å². The monoisotopic (exact) mass is 489 g/mol. The van der Waals surface area contributed by atoms with Crippen LogP contribution < -0.4 is 0 Å². The smallest absolute Gasteiger partial charge is 0.417 e. The standard InChI is InChI=1S/C25H23F4N3O3/c1-2-35-24(34)21-15-22(16-7-9-17(26)10-8-16)32(30-21)18-11-13-31(14-12-18)23(33)19-5-3-4-6-20(19)25(27,28)29/h3-10,15,18H,2,11-14H2,1H3. The molecule has 1 aliphatic rings. The highest BCUT2D eigenvalue weighted by atomic mass is 19.4. The van der Waals surface area contributed by atoms with Crippen molar-refractivity contribution in [3.63, 3.8) is 0 Å². The van der Waals surface area contributed by atoms with E-state index in [4.69, 9.17) is 4.74 Å². The van der Waals surface area contributed by atoms with Crippen molar-refractivity contribution >= 4 is 11.9 Å². The molecule has 1 saturated heterocycles. The summed E-state index contributed by atoms with van der Waals surface area (Å²) >= 11 is 0. The number of likely N-dealkylation sites (tertiary alicyclic amines) is 1. The van der Waals surface area contributed by atoms with Crippen molar-refractivity contribution in [3.05, 3.63) is 77.2 Å². The Morgan fingerprint density at radius 3 is 2.34 bits per heavy atom. The number of amides is 1. The maximum atomic E-state index is 13.4. The Balaban J connectivity index is 1.57. The number of esters is 1. The Morgan fingerprint density at radius 1 is 1.06 bits per heavy atom. The topological polar surface area (TPSA) is 64.4 Å². The second kappa shape index (κ2) is 9.89. The van der Waals surface area contributed by atoms with Crippen molar-refractivity contribution in [2.75, 3.05) is 19.7 Å². The van der Waals surface area contributed by atoms with Crippen LogP contribution in [0.4, 0.5) is 17.6 Å². The molecule has 184 valence electrons. The lowest BCUT2D eigenvalue weighted by molar-refractivity contribution is -0.138. The van der Waals surface area contributed by atoms with E-state index in [9.17, 15) is 27.2 Å². The van der Waals surface area contributed by atoms with Gasteiger partial charge in [0.1, 0.15) is 5.82 Å². The van der Waals surface area contributed by atoms with Crippen molar-refractivity contribution in [1.82, 2.24) is 14.7 Å². The van der Waals surface area contributed by atoms with E-state index >= 15 is 0 Å². The molecule has 2 heterocycles. The number of rotatable bonds is 5. The van der Waals surface area contributed by atoms with Crippen LogP contribution in [0.2, 0.25) is 0 Å². The summed E-state index contributed by atoms with van der Waals surface area (Å²) < 4.78 is 60.3. The van der Waals surface area contributed by atoms with Crippen LogP contribution in [0.15, 0.2) is 54.6 Å². The van der Waals surface area contributed by atoms with Crippen LogP contribution in [0.3, 0.4) is 0 Å². The van der Waals surface area contributed by atoms with Gasteiger partial charge in [0, 0.05) is 18.7 Å². The van der Waals surface area contributed by atoms with Crippen LogP contribution in [0.5, 0.6) is 0 Å². The molecule has 0 spiro atoms. The van der Waals surface area contributed by atoms with Gasteiger partial charge in [0.05, 0.1) is 29.5 Å². The Bertz CT molecular complexity index is 1210. The molecule has 1 aromatic heterocycles. The van der Waals surface area contributed by atoms with Crippen LogP contribution in [-0.4, -0.2) is 46.3 Å². The summed E-state index contributed by atoms with van der Waals surface area (Å²) in [4.78, 5) is 26.6. The molecular formula is C25H23F4N3O3. The molecule has 0 bridgehead atoms. The molecule has 0 unspecified atom stereocenters. The van der Waals surface area contributed by atoms with E-state index in [0.717, 1.165) is 6.07 Å². The van der Waals surface area contributed by atoms with Gasteiger partial charge in [0.2, 0.25) is 0 Å². The van der Waals surface area contributed by atoms with Crippen LogP contribution in [0.1, 0.15) is 52.2 Å².